The number of hydrogen-bond donors (Lipinski definition) is 0. The molecule has 15 rings (SSSR count). The van der Waals surface area contributed by atoms with Gasteiger partial charge in [0, 0.05) is 90.7 Å². The third-order valence-corrected chi connectivity index (χ3v) is 20.0. The summed E-state index contributed by atoms with van der Waals surface area (Å²) in [6.45, 7) is 13.1. The van der Waals surface area contributed by atoms with Gasteiger partial charge in [-0.25, -0.2) is 29.4 Å². The lowest BCUT2D eigenvalue weighted by atomic mass is 9.82. The van der Waals surface area contributed by atoms with Crippen LogP contribution >= 0.6 is 0 Å². The predicted molar refractivity (Wildman–Crippen MR) is 426 cm³/mol. The summed E-state index contributed by atoms with van der Waals surface area (Å²) in [7, 11) is 0. The molecule has 0 atom stereocenters. The number of hydrogen-bond acceptors (Lipinski definition) is 12. The molecule has 18 heteroatoms. The Labute approximate surface area is 642 Å². The van der Waals surface area contributed by atoms with Crippen molar-refractivity contribution >= 4 is 105 Å². The standard InChI is InChI=1S/3C31H26N2O4/c1-31(2,3)23-10-4-20(5-11-23)30(21-6-12-24(13-7-21)32-26(34)16-17-27(32)35)22-8-14-25(15-9-22)33-28(36)18-19-29(33)37;1-20(2)19-21-3-5-22(6-4-21)31(23-7-11-25(12-8-23)32-27(34)15-16-28(32)35)24-9-13-26(14-10-24)33-29(36)17-18-30(33)37;1-2-3-4-21-5-7-22(8-6-21)31(23-9-13-25(14-10-23)32-27(34)17-18-28(32)35)24-11-15-26(16-12-24)33-29(36)19-20-30(33)37/h4-19,30H,1-3H3;3-18,20,31H,19H2,1-2H3;5-20,31H,2-4H2,1H3. The van der Waals surface area contributed by atoms with E-state index in [1.165, 1.54) is 89.6 Å². The van der Waals surface area contributed by atoms with Gasteiger partial charge in [-0.1, -0.05) is 194 Å². The molecular formula is C93H78N6O12. The Bertz CT molecular complexity index is 5010. The van der Waals surface area contributed by atoms with Gasteiger partial charge in [0.25, 0.3) is 70.9 Å². The van der Waals surface area contributed by atoms with Crippen LogP contribution in [0.15, 0.2) is 291 Å². The fourth-order valence-electron chi connectivity index (χ4n) is 14.3. The van der Waals surface area contributed by atoms with E-state index in [9.17, 15) is 57.5 Å². The Hall–Kier alpha value is -13.7. The zero-order chi connectivity index (χ0) is 78.4. The molecule has 18 nitrogen and oxygen atoms in total. The average Bonchev–Trinajstić information content (AvgIpc) is 1.65. The molecule has 0 unspecified atom stereocenters. The molecule has 9 aromatic rings. The molecule has 0 saturated carbocycles. The Balaban J connectivity index is 0.000000146. The van der Waals surface area contributed by atoms with Crippen LogP contribution in [0, 0.1) is 5.92 Å². The Morgan fingerprint density at radius 3 is 0.586 bits per heavy atom. The molecule has 6 heterocycles. The molecule has 6 aliphatic heterocycles. The van der Waals surface area contributed by atoms with Crippen LogP contribution in [0.2, 0.25) is 0 Å². The zero-order valence-electron chi connectivity index (χ0n) is 61.9. The molecule has 111 heavy (non-hydrogen) atoms. The van der Waals surface area contributed by atoms with Crippen molar-refractivity contribution in [1.29, 1.82) is 0 Å². The highest BCUT2D eigenvalue weighted by Gasteiger charge is 2.33. The second-order valence-corrected chi connectivity index (χ2v) is 29.0. The lowest BCUT2D eigenvalue weighted by Crippen LogP contribution is -2.29. The van der Waals surface area contributed by atoms with Crippen LogP contribution in [0.3, 0.4) is 0 Å². The van der Waals surface area contributed by atoms with Crippen molar-refractivity contribution in [2.24, 2.45) is 5.92 Å². The van der Waals surface area contributed by atoms with Gasteiger partial charge >= 0.3 is 0 Å². The first-order valence-electron chi connectivity index (χ1n) is 36.7. The monoisotopic (exact) mass is 1470 g/mol. The van der Waals surface area contributed by atoms with Gasteiger partial charge in [0.05, 0.1) is 34.1 Å². The first-order chi connectivity index (χ1) is 53.4. The smallest absolute Gasteiger partial charge is 0.258 e. The largest absolute Gasteiger partial charge is 0.269 e. The summed E-state index contributed by atoms with van der Waals surface area (Å²) < 4.78 is 0. The number of amides is 12. The van der Waals surface area contributed by atoms with Gasteiger partial charge in [-0.3, -0.25) is 57.5 Å². The number of unbranched alkanes of at least 4 members (excludes halogenated alkanes) is 1. The third-order valence-electron chi connectivity index (χ3n) is 20.0. The van der Waals surface area contributed by atoms with Gasteiger partial charge in [-0.05, 0) is 170 Å². The molecule has 6 aliphatic rings. The first kappa shape index (κ1) is 75.5. The molecule has 0 N–H and O–H groups in total. The number of aryl methyl sites for hydroxylation is 1. The van der Waals surface area contributed by atoms with Gasteiger partial charge in [-0.2, -0.15) is 0 Å². The molecule has 0 spiro atoms. The van der Waals surface area contributed by atoms with Gasteiger partial charge in [0.1, 0.15) is 0 Å². The van der Waals surface area contributed by atoms with E-state index in [-0.39, 0.29) is 94.1 Å². The van der Waals surface area contributed by atoms with Gasteiger partial charge < -0.3 is 0 Å². The van der Waals surface area contributed by atoms with Gasteiger partial charge in [-0.15, -0.1) is 0 Å². The second kappa shape index (κ2) is 32.4. The minimum Gasteiger partial charge on any atom is -0.269 e. The van der Waals surface area contributed by atoms with E-state index in [0.29, 0.717) is 40.0 Å². The fraction of sp³-hybridized carbons (Fsp3) is 0.161. The minimum absolute atomic E-state index is 0.0169. The average molecular weight is 1470 g/mol. The molecule has 12 amide bonds. The highest BCUT2D eigenvalue weighted by molar-refractivity contribution is 6.31. The Morgan fingerprint density at radius 1 is 0.243 bits per heavy atom. The summed E-state index contributed by atoms with van der Waals surface area (Å²) in [5.41, 5.74) is 16.0. The van der Waals surface area contributed by atoms with Gasteiger partial charge in [0.15, 0.2) is 0 Å². The highest BCUT2D eigenvalue weighted by Crippen LogP contribution is 2.40. The summed E-state index contributed by atoms with van der Waals surface area (Å²) in [6.07, 6.45) is 19.5. The molecule has 0 saturated heterocycles. The van der Waals surface area contributed by atoms with Crippen molar-refractivity contribution in [1.82, 2.24) is 0 Å². The Morgan fingerprint density at radius 2 is 0.414 bits per heavy atom. The van der Waals surface area contributed by atoms with E-state index in [1.807, 2.05) is 72.8 Å². The maximum Gasteiger partial charge on any atom is 0.258 e. The van der Waals surface area contributed by atoms with Crippen molar-refractivity contribution < 1.29 is 57.5 Å². The third kappa shape index (κ3) is 16.4. The number of rotatable bonds is 20. The fourth-order valence-corrected chi connectivity index (χ4v) is 14.3. The number of imide groups is 6. The predicted octanol–water partition coefficient (Wildman–Crippen LogP) is 15.0. The lowest BCUT2D eigenvalue weighted by Gasteiger charge is -2.24. The van der Waals surface area contributed by atoms with Crippen molar-refractivity contribution in [3.05, 3.63) is 358 Å². The summed E-state index contributed by atoms with van der Waals surface area (Å²) in [5.74, 6) is -4.13. The van der Waals surface area contributed by atoms with Crippen LogP contribution in [-0.4, -0.2) is 70.9 Å². The SMILES string of the molecule is CC(C)(C)c1ccc(C(c2ccc(N3C(=O)C=CC3=O)cc2)c2ccc(N3C(=O)C=CC3=O)cc2)cc1.CC(C)Cc1ccc(C(c2ccc(N3C(=O)C=CC3=O)cc2)c2ccc(N3C(=O)C=CC3=O)cc2)cc1.CCCCc1ccc(C(c2ccc(N3C(=O)C=CC3=O)cc2)c2ccc(N3C(=O)C=CC3=O)cc2)cc1. The Kier molecular flexibility index (Phi) is 22.0. The maximum absolute atomic E-state index is 12.1. The van der Waals surface area contributed by atoms with Crippen molar-refractivity contribution in [3.8, 4) is 0 Å². The summed E-state index contributed by atoms with van der Waals surface area (Å²) in [5, 5.41) is 0. The van der Waals surface area contributed by atoms with Crippen molar-refractivity contribution in [3.63, 3.8) is 0 Å². The van der Waals surface area contributed by atoms with Crippen LogP contribution in [0.1, 0.15) is 139 Å². The number of carbonyl (C=O) groups is 12. The topological polar surface area (TPSA) is 224 Å². The first-order valence-corrected chi connectivity index (χ1v) is 36.7. The molecule has 0 aliphatic carbocycles. The van der Waals surface area contributed by atoms with Crippen LogP contribution in [-0.2, 0) is 75.8 Å². The summed E-state index contributed by atoms with van der Waals surface area (Å²) >= 11 is 0. The number of carbonyl (C=O) groups excluding carboxylic acids is 12. The molecule has 0 fully saturated rings. The van der Waals surface area contributed by atoms with Crippen molar-refractivity contribution in [2.45, 2.75) is 90.4 Å². The molecular weight excluding hydrogens is 1390 g/mol. The van der Waals surface area contributed by atoms with E-state index < -0.39 is 0 Å². The summed E-state index contributed by atoms with van der Waals surface area (Å²) in [6, 6.07) is 70.0. The lowest BCUT2D eigenvalue weighted by molar-refractivity contribution is -0.121. The molecule has 552 valence electrons. The molecule has 0 aromatic heterocycles. The zero-order valence-corrected chi connectivity index (χ0v) is 61.9. The maximum atomic E-state index is 12.1. The van der Waals surface area contributed by atoms with E-state index >= 15 is 0 Å². The van der Waals surface area contributed by atoms with Crippen molar-refractivity contribution in [2.75, 3.05) is 29.4 Å². The van der Waals surface area contributed by atoms with Crippen LogP contribution in [0.25, 0.3) is 0 Å². The normalized spacial score (nSPS) is 15.3. The van der Waals surface area contributed by atoms with Crippen LogP contribution in [0.4, 0.5) is 34.1 Å². The van der Waals surface area contributed by atoms with Crippen LogP contribution < -0.4 is 29.4 Å². The number of benzene rings is 9. The molecule has 0 bridgehead atoms. The number of nitrogens with zero attached hydrogens (tertiary/aromatic N) is 6. The van der Waals surface area contributed by atoms with E-state index in [1.54, 1.807) is 72.8 Å². The molecule has 9 aromatic carbocycles. The number of anilines is 6. The summed E-state index contributed by atoms with van der Waals surface area (Å²) in [4.78, 5) is 152. The molecule has 0 radical (unpaired) electrons. The van der Waals surface area contributed by atoms with E-state index in [0.717, 1.165) is 105 Å². The van der Waals surface area contributed by atoms with E-state index in [4.69, 9.17) is 0 Å². The van der Waals surface area contributed by atoms with E-state index in [2.05, 4.69) is 114 Å². The quantitative estimate of drug-likeness (QED) is 0.0513. The van der Waals surface area contributed by atoms with Gasteiger partial charge in [0.2, 0.25) is 0 Å². The highest BCUT2D eigenvalue weighted by atomic mass is 16.2. The second-order valence-electron chi connectivity index (χ2n) is 29.0. The minimum atomic E-state index is -0.358. The van der Waals surface area contributed by atoms with Crippen LogP contribution in [0.5, 0.6) is 0 Å².